The molecule has 19 heavy (non-hydrogen) atoms. The molecule has 1 N–H and O–H groups in total. The first kappa shape index (κ1) is 12.9. The van der Waals surface area contributed by atoms with E-state index >= 15 is 0 Å². The maximum Gasteiger partial charge on any atom is 0.124 e. The molecule has 3 unspecified atom stereocenters. The quantitative estimate of drug-likeness (QED) is 0.888. The van der Waals surface area contributed by atoms with Crippen molar-refractivity contribution in [2.24, 2.45) is 0 Å². The van der Waals surface area contributed by atoms with Crippen LogP contribution in [-0.2, 0) is 0 Å². The molecule has 1 fully saturated rings. The largest absolute Gasteiger partial charge is 0.490 e. The molecule has 0 aliphatic carbocycles. The first-order valence-corrected chi connectivity index (χ1v) is 7.46. The molecule has 1 saturated heterocycles. The van der Waals surface area contributed by atoms with Crippen LogP contribution in [0.2, 0.25) is 0 Å². The van der Waals surface area contributed by atoms with Gasteiger partial charge in [-0.25, -0.2) is 0 Å². The van der Waals surface area contributed by atoms with Gasteiger partial charge in [0.2, 0.25) is 0 Å². The van der Waals surface area contributed by atoms with Gasteiger partial charge in [0, 0.05) is 11.6 Å². The summed E-state index contributed by atoms with van der Waals surface area (Å²) in [6.07, 6.45) is 4.55. The van der Waals surface area contributed by atoms with E-state index in [0.29, 0.717) is 12.6 Å². The Hall–Kier alpha value is -1.06. The zero-order valence-corrected chi connectivity index (χ0v) is 11.6. The Bertz CT molecular complexity index is 435. The molecule has 2 heterocycles. The SMILES string of the molecule is CCC1CCCCN1C1c2ccccc2OCC1O. The molecule has 0 amide bonds. The Balaban J connectivity index is 1.93. The van der Waals surface area contributed by atoms with Gasteiger partial charge >= 0.3 is 0 Å². The maximum atomic E-state index is 10.4. The molecular formula is C16H23NO2. The third-order valence-electron chi connectivity index (χ3n) is 4.51. The number of ether oxygens (including phenoxy) is 1. The molecule has 1 aromatic carbocycles. The van der Waals surface area contributed by atoms with Crippen molar-refractivity contribution in [2.45, 2.75) is 50.8 Å². The molecule has 0 spiro atoms. The number of hydrogen-bond donors (Lipinski definition) is 1. The molecule has 2 aliphatic rings. The summed E-state index contributed by atoms with van der Waals surface area (Å²) in [5, 5.41) is 10.4. The van der Waals surface area contributed by atoms with Gasteiger partial charge < -0.3 is 9.84 Å². The monoisotopic (exact) mass is 261 g/mol. The van der Waals surface area contributed by atoms with Crippen LogP contribution in [0.5, 0.6) is 5.75 Å². The van der Waals surface area contributed by atoms with E-state index in [2.05, 4.69) is 17.9 Å². The van der Waals surface area contributed by atoms with E-state index in [1.54, 1.807) is 0 Å². The molecule has 0 radical (unpaired) electrons. The van der Waals surface area contributed by atoms with Gasteiger partial charge in [0.05, 0.1) is 6.04 Å². The van der Waals surface area contributed by atoms with Crippen molar-refractivity contribution in [3.63, 3.8) is 0 Å². The van der Waals surface area contributed by atoms with E-state index < -0.39 is 6.10 Å². The Morgan fingerprint density at radius 3 is 3.00 bits per heavy atom. The summed E-state index contributed by atoms with van der Waals surface area (Å²) in [7, 11) is 0. The number of para-hydroxylation sites is 1. The summed E-state index contributed by atoms with van der Waals surface area (Å²) in [6, 6.07) is 8.86. The van der Waals surface area contributed by atoms with Crippen molar-refractivity contribution in [1.82, 2.24) is 4.90 Å². The second kappa shape index (κ2) is 5.51. The Morgan fingerprint density at radius 1 is 1.32 bits per heavy atom. The van der Waals surface area contributed by atoms with Crippen LogP contribution in [0, 0.1) is 0 Å². The predicted octanol–water partition coefficient (Wildman–Crippen LogP) is 2.75. The van der Waals surface area contributed by atoms with Crippen LogP contribution in [0.1, 0.15) is 44.2 Å². The smallest absolute Gasteiger partial charge is 0.124 e. The fourth-order valence-corrected chi connectivity index (χ4v) is 3.56. The van der Waals surface area contributed by atoms with Crippen molar-refractivity contribution >= 4 is 0 Å². The zero-order chi connectivity index (χ0) is 13.2. The highest BCUT2D eigenvalue weighted by molar-refractivity contribution is 5.38. The molecule has 0 saturated carbocycles. The van der Waals surface area contributed by atoms with E-state index in [1.807, 2.05) is 18.2 Å². The van der Waals surface area contributed by atoms with E-state index in [4.69, 9.17) is 4.74 Å². The van der Waals surface area contributed by atoms with Crippen LogP contribution in [0.25, 0.3) is 0 Å². The van der Waals surface area contributed by atoms with Crippen LogP contribution >= 0.6 is 0 Å². The number of nitrogens with zero attached hydrogens (tertiary/aromatic N) is 1. The van der Waals surface area contributed by atoms with Crippen molar-refractivity contribution < 1.29 is 9.84 Å². The molecule has 2 aliphatic heterocycles. The van der Waals surface area contributed by atoms with Gasteiger partial charge in [0.25, 0.3) is 0 Å². The van der Waals surface area contributed by atoms with E-state index in [0.717, 1.165) is 24.3 Å². The fourth-order valence-electron chi connectivity index (χ4n) is 3.56. The average molecular weight is 261 g/mol. The highest BCUT2D eigenvalue weighted by atomic mass is 16.5. The third-order valence-corrected chi connectivity index (χ3v) is 4.51. The molecule has 3 heteroatoms. The standard InChI is InChI=1S/C16H23NO2/c1-2-12-7-5-6-10-17(12)16-13-8-3-4-9-15(13)19-11-14(16)18/h3-4,8-9,12,14,16,18H,2,5-7,10-11H2,1H3. The number of benzene rings is 1. The van der Waals surface area contributed by atoms with E-state index in [-0.39, 0.29) is 6.04 Å². The third kappa shape index (κ3) is 2.37. The lowest BCUT2D eigenvalue weighted by molar-refractivity contribution is -0.0290. The molecule has 3 nitrogen and oxygen atoms in total. The molecule has 0 aromatic heterocycles. The Kier molecular flexibility index (Phi) is 3.76. The highest BCUT2D eigenvalue weighted by Gasteiger charge is 2.37. The van der Waals surface area contributed by atoms with Crippen LogP contribution in [0.3, 0.4) is 0 Å². The topological polar surface area (TPSA) is 32.7 Å². The van der Waals surface area contributed by atoms with Gasteiger partial charge in [0.1, 0.15) is 18.5 Å². The summed E-state index contributed by atoms with van der Waals surface area (Å²) in [6.45, 7) is 3.75. The van der Waals surface area contributed by atoms with Crippen molar-refractivity contribution in [3.05, 3.63) is 29.8 Å². The first-order chi connectivity index (χ1) is 9.31. The number of aliphatic hydroxyl groups excluding tert-OH is 1. The molecule has 3 atom stereocenters. The zero-order valence-electron chi connectivity index (χ0n) is 11.6. The number of aliphatic hydroxyl groups is 1. The fraction of sp³-hybridized carbons (Fsp3) is 0.625. The molecule has 3 rings (SSSR count). The highest BCUT2D eigenvalue weighted by Crippen LogP contribution is 2.39. The molecule has 1 aromatic rings. The van der Waals surface area contributed by atoms with Gasteiger partial charge in [-0.2, -0.15) is 0 Å². The van der Waals surface area contributed by atoms with Gasteiger partial charge in [-0.05, 0) is 31.9 Å². The lowest BCUT2D eigenvalue weighted by atomic mass is 9.90. The molecule has 0 bridgehead atoms. The van der Waals surface area contributed by atoms with Crippen molar-refractivity contribution in [2.75, 3.05) is 13.2 Å². The van der Waals surface area contributed by atoms with Gasteiger partial charge in [0.15, 0.2) is 0 Å². The van der Waals surface area contributed by atoms with E-state index in [1.165, 1.54) is 19.3 Å². The van der Waals surface area contributed by atoms with Crippen LogP contribution < -0.4 is 4.74 Å². The minimum atomic E-state index is -0.415. The molecule has 104 valence electrons. The second-order valence-corrected chi connectivity index (χ2v) is 5.66. The minimum Gasteiger partial charge on any atom is -0.490 e. The summed E-state index contributed by atoms with van der Waals surface area (Å²) in [5.41, 5.74) is 1.15. The van der Waals surface area contributed by atoms with Crippen LogP contribution in [0.15, 0.2) is 24.3 Å². The number of rotatable bonds is 2. The van der Waals surface area contributed by atoms with Gasteiger partial charge in [-0.15, -0.1) is 0 Å². The lowest BCUT2D eigenvalue weighted by Gasteiger charge is -2.45. The second-order valence-electron chi connectivity index (χ2n) is 5.66. The van der Waals surface area contributed by atoms with Crippen LogP contribution in [-0.4, -0.2) is 35.3 Å². The minimum absolute atomic E-state index is 0.107. The average Bonchev–Trinajstić information content (AvgIpc) is 2.47. The molecular weight excluding hydrogens is 238 g/mol. The number of piperidine rings is 1. The normalized spacial score (nSPS) is 31.6. The van der Waals surface area contributed by atoms with E-state index in [9.17, 15) is 5.11 Å². The first-order valence-electron chi connectivity index (χ1n) is 7.46. The number of likely N-dealkylation sites (tertiary alicyclic amines) is 1. The van der Waals surface area contributed by atoms with Gasteiger partial charge in [-0.1, -0.05) is 31.5 Å². The van der Waals surface area contributed by atoms with Gasteiger partial charge in [-0.3, -0.25) is 4.90 Å². The number of fused-ring (bicyclic) bond motifs is 1. The lowest BCUT2D eigenvalue weighted by Crippen LogP contribution is -2.48. The Labute approximate surface area is 115 Å². The van der Waals surface area contributed by atoms with Crippen molar-refractivity contribution in [1.29, 1.82) is 0 Å². The number of hydrogen-bond acceptors (Lipinski definition) is 3. The summed E-state index contributed by atoms with van der Waals surface area (Å²) in [5.74, 6) is 0.943. The Morgan fingerprint density at radius 2 is 2.16 bits per heavy atom. The van der Waals surface area contributed by atoms with Crippen molar-refractivity contribution in [3.8, 4) is 5.75 Å². The maximum absolute atomic E-state index is 10.4. The summed E-state index contributed by atoms with van der Waals surface area (Å²) in [4.78, 5) is 2.51. The predicted molar refractivity (Wildman–Crippen MR) is 75.3 cm³/mol. The summed E-state index contributed by atoms with van der Waals surface area (Å²) < 4.78 is 5.65. The summed E-state index contributed by atoms with van der Waals surface area (Å²) >= 11 is 0. The van der Waals surface area contributed by atoms with Crippen LogP contribution in [0.4, 0.5) is 0 Å².